The molecule has 2 aromatic carbocycles. The first-order chi connectivity index (χ1) is 14.1. The molecule has 0 aliphatic heterocycles. The third kappa shape index (κ3) is 5.68. The van der Waals surface area contributed by atoms with E-state index in [0.29, 0.717) is 39.6 Å². The number of thiazole rings is 1. The van der Waals surface area contributed by atoms with Crippen LogP contribution >= 0.6 is 23.7 Å². The van der Waals surface area contributed by atoms with Crippen molar-refractivity contribution < 1.29 is 18.0 Å². The Hall–Kier alpha value is -2.33. The number of aromatic nitrogens is 1. The highest BCUT2D eigenvalue weighted by Crippen LogP contribution is 2.33. The van der Waals surface area contributed by atoms with E-state index >= 15 is 0 Å². The summed E-state index contributed by atoms with van der Waals surface area (Å²) in [4.78, 5) is 33.0. The number of fused-ring (bicyclic) bond motifs is 1. The number of nitrogens with zero attached hydrogens (tertiary/aromatic N) is 3. The average molecular weight is 482 g/mol. The molecule has 1 aromatic heterocycles. The standard InChI is InChI=1S/C21H23N3O4S2.ClH/c1-14(25)15-8-10-16(11-9-15)20(26)24(13-12-23(2)3)21-22-19-17(29-21)6-5-7-18(19)30(4,27)28;/h5-11H,12-13H2,1-4H3;1H. The molecule has 0 spiro atoms. The van der Waals surface area contributed by atoms with Crippen LogP contribution in [0.2, 0.25) is 0 Å². The second kappa shape index (κ2) is 9.86. The summed E-state index contributed by atoms with van der Waals surface area (Å²) >= 11 is 1.28. The summed E-state index contributed by atoms with van der Waals surface area (Å²) in [7, 11) is 0.362. The highest BCUT2D eigenvalue weighted by molar-refractivity contribution is 7.91. The van der Waals surface area contributed by atoms with Gasteiger partial charge in [0, 0.05) is 30.5 Å². The number of Topliss-reactive ketones (excluding diaryl/α,β-unsaturated/α-hetero) is 1. The van der Waals surface area contributed by atoms with E-state index in [9.17, 15) is 18.0 Å². The fourth-order valence-electron chi connectivity index (χ4n) is 2.91. The van der Waals surface area contributed by atoms with Crippen molar-refractivity contribution in [1.82, 2.24) is 9.88 Å². The first-order valence-corrected chi connectivity index (χ1v) is 12.0. The number of para-hydroxylation sites is 1. The Morgan fingerprint density at radius 1 is 1.00 bits per heavy atom. The van der Waals surface area contributed by atoms with Crippen molar-refractivity contribution in [3.05, 3.63) is 53.6 Å². The number of carbonyl (C=O) groups is 2. The molecule has 10 heteroatoms. The third-order valence-corrected chi connectivity index (χ3v) is 6.73. The molecule has 0 aliphatic carbocycles. The highest BCUT2D eigenvalue weighted by atomic mass is 35.5. The van der Waals surface area contributed by atoms with Crippen LogP contribution in [0.15, 0.2) is 47.4 Å². The SMILES string of the molecule is CC(=O)c1ccc(C(=O)N(CCN(C)C)c2nc3c(S(C)(=O)=O)cccc3s2)cc1.Cl. The lowest BCUT2D eigenvalue weighted by Gasteiger charge is -2.22. The second-order valence-corrected chi connectivity index (χ2v) is 10.3. The summed E-state index contributed by atoms with van der Waals surface area (Å²) in [5.41, 5.74) is 1.33. The molecular weight excluding hydrogens is 458 g/mol. The van der Waals surface area contributed by atoms with Crippen LogP contribution in [0, 0.1) is 0 Å². The van der Waals surface area contributed by atoms with Crippen LogP contribution in [-0.4, -0.2) is 63.4 Å². The van der Waals surface area contributed by atoms with Crippen LogP contribution in [-0.2, 0) is 9.84 Å². The summed E-state index contributed by atoms with van der Waals surface area (Å²) in [6.07, 6.45) is 1.15. The van der Waals surface area contributed by atoms with E-state index in [1.807, 2.05) is 19.0 Å². The van der Waals surface area contributed by atoms with Crippen molar-refractivity contribution in [3.8, 4) is 0 Å². The molecular formula is C21H24ClN3O4S2. The number of rotatable bonds is 7. The molecule has 166 valence electrons. The Kier molecular flexibility index (Phi) is 7.93. The van der Waals surface area contributed by atoms with Gasteiger partial charge in [-0.15, -0.1) is 12.4 Å². The Balaban J connectivity index is 0.00000341. The molecule has 1 heterocycles. The van der Waals surface area contributed by atoms with Crippen LogP contribution in [0.3, 0.4) is 0 Å². The summed E-state index contributed by atoms with van der Waals surface area (Å²) in [6, 6.07) is 11.5. The molecule has 0 fully saturated rings. The number of likely N-dealkylation sites (N-methyl/N-ethyl adjacent to an activating group) is 1. The van der Waals surface area contributed by atoms with Gasteiger partial charge < -0.3 is 4.90 Å². The number of sulfone groups is 1. The Labute approximate surface area is 192 Å². The first-order valence-electron chi connectivity index (χ1n) is 9.25. The van der Waals surface area contributed by atoms with Crippen molar-refractivity contribution >= 4 is 60.6 Å². The molecule has 0 radical (unpaired) electrons. The van der Waals surface area contributed by atoms with Crippen molar-refractivity contribution in [2.45, 2.75) is 11.8 Å². The van der Waals surface area contributed by atoms with Crippen LogP contribution in [0.25, 0.3) is 10.2 Å². The minimum absolute atomic E-state index is 0. The van der Waals surface area contributed by atoms with Gasteiger partial charge in [-0.25, -0.2) is 13.4 Å². The van der Waals surface area contributed by atoms with E-state index in [1.165, 1.54) is 24.3 Å². The van der Waals surface area contributed by atoms with Crippen molar-refractivity contribution in [2.75, 3.05) is 38.3 Å². The molecule has 0 bridgehead atoms. The fraction of sp³-hybridized carbons (Fsp3) is 0.286. The Bertz CT molecular complexity index is 1210. The summed E-state index contributed by atoms with van der Waals surface area (Å²) in [5, 5.41) is 0.434. The molecule has 0 aliphatic rings. The molecule has 1 amide bonds. The molecule has 0 unspecified atom stereocenters. The summed E-state index contributed by atoms with van der Waals surface area (Å²) in [6.45, 7) is 2.46. The number of anilines is 1. The van der Waals surface area contributed by atoms with Crippen molar-refractivity contribution in [2.24, 2.45) is 0 Å². The zero-order valence-corrected chi connectivity index (χ0v) is 20.1. The third-order valence-electron chi connectivity index (χ3n) is 4.56. The lowest BCUT2D eigenvalue weighted by atomic mass is 10.1. The van der Waals surface area contributed by atoms with E-state index < -0.39 is 9.84 Å². The maximum absolute atomic E-state index is 13.3. The molecule has 3 aromatic rings. The van der Waals surface area contributed by atoms with Gasteiger partial charge in [0.05, 0.1) is 9.60 Å². The lowest BCUT2D eigenvalue weighted by molar-refractivity contribution is 0.0981. The van der Waals surface area contributed by atoms with Gasteiger partial charge in [0.15, 0.2) is 20.8 Å². The number of amides is 1. The number of benzene rings is 2. The van der Waals surface area contributed by atoms with Gasteiger partial charge >= 0.3 is 0 Å². The smallest absolute Gasteiger partial charge is 0.260 e. The Morgan fingerprint density at radius 3 is 2.16 bits per heavy atom. The van der Waals surface area contributed by atoms with Gasteiger partial charge in [-0.2, -0.15) is 0 Å². The van der Waals surface area contributed by atoms with Crippen LogP contribution in [0.4, 0.5) is 5.13 Å². The van der Waals surface area contributed by atoms with E-state index in [-0.39, 0.29) is 29.0 Å². The molecule has 31 heavy (non-hydrogen) atoms. The maximum Gasteiger partial charge on any atom is 0.260 e. The normalized spacial score (nSPS) is 11.4. The molecule has 0 N–H and O–H groups in total. The topological polar surface area (TPSA) is 87.7 Å². The minimum Gasteiger partial charge on any atom is -0.308 e. The van der Waals surface area contributed by atoms with Crippen molar-refractivity contribution in [3.63, 3.8) is 0 Å². The van der Waals surface area contributed by atoms with E-state index in [1.54, 1.807) is 41.3 Å². The second-order valence-electron chi connectivity index (χ2n) is 7.27. The Morgan fingerprint density at radius 2 is 1.61 bits per heavy atom. The highest BCUT2D eigenvalue weighted by Gasteiger charge is 2.23. The minimum atomic E-state index is -3.45. The fourth-order valence-corrected chi connectivity index (χ4v) is 4.83. The average Bonchev–Trinajstić information content (AvgIpc) is 3.10. The first kappa shape index (κ1) is 24.9. The molecule has 3 rings (SSSR count). The van der Waals surface area contributed by atoms with Gasteiger partial charge in [0.2, 0.25) is 0 Å². The zero-order chi connectivity index (χ0) is 22.1. The quantitative estimate of drug-likeness (QED) is 0.480. The van der Waals surface area contributed by atoms with Crippen LogP contribution < -0.4 is 4.90 Å². The van der Waals surface area contributed by atoms with E-state index in [2.05, 4.69) is 4.98 Å². The van der Waals surface area contributed by atoms with E-state index in [0.717, 1.165) is 6.26 Å². The molecule has 0 atom stereocenters. The monoisotopic (exact) mass is 481 g/mol. The number of hydrogen-bond acceptors (Lipinski definition) is 7. The van der Waals surface area contributed by atoms with Gasteiger partial charge in [0.1, 0.15) is 5.52 Å². The summed E-state index contributed by atoms with van der Waals surface area (Å²) < 4.78 is 25.0. The summed E-state index contributed by atoms with van der Waals surface area (Å²) in [5.74, 6) is -0.329. The largest absolute Gasteiger partial charge is 0.308 e. The van der Waals surface area contributed by atoms with Gasteiger partial charge in [0.25, 0.3) is 5.91 Å². The predicted octanol–water partition coefficient (Wildman–Crippen LogP) is 3.53. The zero-order valence-electron chi connectivity index (χ0n) is 17.7. The van der Waals surface area contributed by atoms with Crippen LogP contribution in [0.5, 0.6) is 0 Å². The molecule has 0 saturated carbocycles. The molecule has 0 saturated heterocycles. The van der Waals surface area contributed by atoms with Gasteiger partial charge in [-0.05, 0) is 45.3 Å². The van der Waals surface area contributed by atoms with Gasteiger partial charge in [-0.3, -0.25) is 14.5 Å². The molecule has 7 nitrogen and oxygen atoms in total. The predicted molar refractivity (Wildman–Crippen MR) is 127 cm³/mol. The number of halogens is 1. The number of ketones is 1. The number of hydrogen-bond donors (Lipinski definition) is 0. The van der Waals surface area contributed by atoms with Gasteiger partial charge in [-0.1, -0.05) is 29.5 Å². The lowest BCUT2D eigenvalue weighted by Crippen LogP contribution is -2.36. The number of carbonyl (C=O) groups excluding carboxylic acids is 2. The maximum atomic E-state index is 13.3. The van der Waals surface area contributed by atoms with Crippen LogP contribution in [0.1, 0.15) is 27.6 Å². The van der Waals surface area contributed by atoms with Crippen molar-refractivity contribution in [1.29, 1.82) is 0 Å². The van der Waals surface area contributed by atoms with E-state index in [4.69, 9.17) is 0 Å².